The average Bonchev–Trinajstić information content (AvgIpc) is 2.78. The van der Waals surface area contributed by atoms with Crippen molar-refractivity contribution in [3.05, 3.63) is 11.8 Å². The van der Waals surface area contributed by atoms with E-state index in [1.54, 1.807) is 0 Å². The second-order valence-electron chi connectivity index (χ2n) is 5.23. The molecule has 0 aliphatic carbocycles. The standard InChI is InChI=1S/C12H23N5O/c1-9(2)17-6-4-16(5-7-17)8-11-14-15-12(18-11)10(3)13/h9-10H,4-8,13H2,1-3H3/t10-/m0/s1. The summed E-state index contributed by atoms with van der Waals surface area (Å²) in [4.78, 5) is 4.83. The molecular formula is C12H23N5O. The maximum atomic E-state index is 5.70. The fraction of sp³-hybridized carbons (Fsp3) is 0.833. The van der Waals surface area contributed by atoms with Crippen LogP contribution in [0.15, 0.2) is 4.42 Å². The first-order valence-electron chi connectivity index (χ1n) is 6.60. The molecule has 0 unspecified atom stereocenters. The summed E-state index contributed by atoms with van der Waals surface area (Å²) in [6.07, 6.45) is 0. The summed E-state index contributed by atoms with van der Waals surface area (Å²) in [5, 5.41) is 7.98. The highest BCUT2D eigenvalue weighted by Gasteiger charge is 2.20. The number of hydrogen-bond donors (Lipinski definition) is 1. The molecule has 6 heteroatoms. The molecule has 1 aromatic rings. The van der Waals surface area contributed by atoms with E-state index in [0.29, 0.717) is 17.8 Å². The van der Waals surface area contributed by atoms with Gasteiger partial charge in [-0.1, -0.05) is 0 Å². The van der Waals surface area contributed by atoms with Crippen LogP contribution in [0.5, 0.6) is 0 Å². The molecule has 0 radical (unpaired) electrons. The third-order valence-electron chi connectivity index (χ3n) is 3.37. The van der Waals surface area contributed by atoms with E-state index in [4.69, 9.17) is 10.2 Å². The van der Waals surface area contributed by atoms with Gasteiger partial charge in [0, 0.05) is 32.2 Å². The van der Waals surface area contributed by atoms with Crippen LogP contribution in [0.1, 0.15) is 38.6 Å². The van der Waals surface area contributed by atoms with Gasteiger partial charge in [-0.3, -0.25) is 9.80 Å². The van der Waals surface area contributed by atoms with Gasteiger partial charge in [0.25, 0.3) is 0 Å². The van der Waals surface area contributed by atoms with Gasteiger partial charge < -0.3 is 10.2 Å². The molecule has 0 bridgehead atoms. The predicted molar refractivity (Wildman–Crippen MR) is 68.9 cm³/mol. The first-order chi connectivity index (χ1) is 8.56. The molecule has 0 amide bonds. The first-order valence-corrected chi connectivity index (χ1v) is 6.60. The van der Waals surface area contributed by atoms with E-state index >= 15 is 0 Å². The Balaban J connectivity index is 1.84. The Kier molecular flexibility index (Phi) is 4.31. The zero-order valence-corrected chi connectivity index (χ0v) is 11.5. The minimum Gasteiger partial charge on any atom is -0.422 e. The third-order valence-corrected chi connectivity index (χ3v) is 3.37. The molecule has 1 aromatic heterocycles. The maximum absolute atomic E-state index is 5.70. The molecule has 0 aromatic carbocycles. The molecule has 6 nitrogen and oxygen atoms in total. The molecule has 2 N–H and O–H groups in total. The SMILES string of the molecule is CC(C)N1CCN(Cc2nnc([C@H](C)N)o2)CC1. The summed E-state index contributed by atoms with van der Waals surface area (Å²) >= 11 is 0. The smallest absolute Gasteiger partial charge is 0.232 e. The van der Waals surface area contributed by atoms with E-state index in [-0.39, 0.29) is 6.04 Å². The van der Waals surface area contributed by atoms with Crippen molar-refractivity contribution in [1.29, 1.82) is 0 Å². The van der Waals surface area contributed by atoms with Crippen molar-refractivity contribution in [3.63, 3.8) is 0 Å². The van der Waals surface area contributed by atoms with Gasteiger partial charge in [-0.15, -0.1) is 10.2 Å². The Hall–Kier alpha value is -0.980. The Morgan fingerprint density at radius 1 is 1.17 bits per heavy atom. The van der Waals surface area contributed by atoms with Crippen molar-refractivity contribution in [3.8, 4) is 0 Å². The van der Waals surface area contributed by atoms with E-state index in [0.717, 1.165) is 32.7 Å². The average molecular weight is 253 g/mol. The van der Waals surface area contributed by atoms with Crippen LogP contribution in [0, 0.1) is 0 Å². The van der Waals surface area contributed by atoms with Gasteiger partial charge in [0.05, 0.1) is 12.6 Å². The molecule has 1 saturated heterocycles. The molecule has 1 atom stereocenters. The summed E-state index contributed by atoms with van der Waals surface area (Å²) in [6.45, 7) is 11.4. The minimum atomic E-state index is -0.191. The van der Waals surface area contributed by atoms with Gasteiger partial charge in [0.15, 0.2) is 0 Å². The molecule has 102 valence electrons. The lowest BCUT2D eigenvalue weighted by Gasteiger charge is -2.36. The zero-order chi connectivity index (χ0) is 13.1. The van der Waals surface area contributed by atoms with E-state index < -0.39 is 0 Å². The Morgan fingerprint density at radius 3 is 2.33 bits per heavy atom. The first kappa shape index (κ1) is 13.5. The van der Waals surface area contributed by atoms with Crippen LogP contribution in [0.2, 0.25) is 0 Å². The number of rotatable bonds is 4. The molecule has 2 heterocycles. The predicted octanol–water partition coefficient (Wildman–Crippen LogP) is 0.615. The fourth-order valence-corrected chi connectivity index (χ4v) is 2.14. The van der Waals surface area contributed by atoms with Gasteiger partial charge in [0.1, 0.15) is 0 Å². The summed E-state index contributed by atoms with van der Waals surface area (Å²) in [7, 11) is 0. The fourth-order valence-electron chi connectivity index (χ4n) is 2.14. The number of nitrogens with zero attached hydrogens (tertiary/aromatic N) is 4. The van der Waals surface area contributed by atoms with Crippen LogP contribution in [0.4, 0.5) is 0 Å². The number of nitrogens with two attached hydrogens (primary N) is 1. The van der Waals surface area contributed by atoms with Crippen molar-refractivity contribution in [2.24, 2.45) is 5.73 Å². The lowest BCUT2D eigenvalue weighted by molar-refractivity contribution is 0.0974. The largest absolute Gasteiger partial charge is 0.422 e. The zero-order valence-electron chi connectivity index (χ0n) is 11.5. The lowest BCUT2D eigenvalue weighted by atomic mass is 10.2. The highest BCUT2D eigenvalue weighted by molar-refractivity contribution is 4.87. The van der Waals surface area contributed by atoms with Gasteiger partial charge in [0.2, 0.25) is 11.8 Å². The molecular weight excluding hydrogens is 230 g/mol. The summed E-state index contributed by atoms with van der Waals surface area (Å²) in [6, 6.07) is 0.435. The second-order valence-corrected chi connectivity index (χ2v) is 5.23. The highest BCUT2D eigenvalue weighted by Crippen LogP contribution is 2.12. The minimum absolute atomic E-state index is 0.191. The quantitative estimate of drug-likeness (QED) is 0.848. The van der Waals surface area contributed by atoms with E-state index in [9.17, 15) is 0 Å². The van der Waals surface area contributed by atoms with Crippen molar-refractivity contribution >= 4 is 0 Å². The van der Waals surface area contributed by atoms with Crippen molar-refractivity contribution in [1.82, 2.24) is 20.0 Å². The number of aromatic nitrogens is 2. The van der Waals surface area contributed by atoms with Gasteiger partial charge in [-0.25, -0.2) is 0 Å². The molecule has 0 spiro atoms. The summed E-state index contributed by atoms with van der Waals surface area (Å²) in [5.74, 6) is 1.19. The lowest BCUT2D eigenvalue weighted by Crippen LogP contribution is -2.48. The van der Waals surface area contributed by atoms with Crippen LogP contribution in [0.25, 0.3) is 0 Å². The van der Waals surface area contributed by atoms with Crippen LogP contribution in [-0.4, -0.2) is 52.2 Å². The number of piperazine rings is 1. The number of hydrogen-bond acceptors (Lipinski definition) is 6. The Morgan fingerprint density at radius 2 is 1.83 bits per heavy atom. The molecule has 1 aliphatic heterocycles. The van der Waals surface area contributed by atoms with Crippen molar-refractivity contribution in [2.45, 2.75) is 39.4 Å². The summed E-state index contributed by atoms with van der Waals surface area (Å²) < 4.78 is 5.52. The third kappa shape index (κ3) is 3.28. The topological polar surface area (TPSA) is 71.4 Å². The Labute approximate surface area is 108 Å². The van der Waals surface area contributed by atoms with E-state index in [2.05, 4.69) is 33.8 Å². The highest BCUT2D eigenvalue weighted by atomic mass is 16.4. The molecule has 2 rings (SSSR count). The van der Waals surface area contributed by atoms with Crippen molar-refractivity contribution in [2.75, 3.05) is 26.2 Å². The van der Waals surface area contributed by atoms with E-state index in [1.807, 2.05) is 6.92 Å². The van der Waals surface area contributed by atoms with Gasteiger partial charge >= 0.3 is 0 Å². The van der Waals surface area contributed by atoms with Gasteiger partial charge in [-0.05, 0) is 20.8 Å². The van der Waals surface area contributed by atoms with Crippen LogP contribution in [0.3, 0.4) is 0 Å². The van der Waals surface area contributed by atoms with Crippen LogP contribution >= 0.6 is 0 Å². The van der Waals surface area contributed by atoms with E-state index in [1.165, 1.54) is 0 Å². The molecule has 0 saturated carbocycles. The molecule has 18 heavy (non-hydrogen) atoms. The Bertz CT molecular complexity index is 368. The second kappa shape index (κ2) is 5.77. The summed E-state index contributed by atoms with van der Waals surface area (Å²) in [5.41, 5.74) is 5.70. The van der Waals surface area contributed by atoms with Crippen molar-refractivity contribution < 1.29 is 4.42 Å². The normalized spacial score (nSPS) is 20.5. The molecule has 1 aliphatic rings. The molecule has 1 fully saturated rings. The van der Waals surface area contributed by atoms with Crippen LogP contribution in [-0.2, 0) is 6.54 Å². The van der Waals surface area contributed by atoms with Gasteiger partial charge in [-0.2, -0.15) is 0 Å². The maximum Gasteiger partial charge on any atom is 0.232 e. The monoisotopic (exact) mass is 253 g/mol. The van der Waals surface area contributed by atoms with Crippen LogP contribution < -0.4 is 5.73 Å².